The van der Waals surface area contributed by atoms with Crippen molar-refractivity contribution >= 4 is 20.2 Å². The van der Waals surface area contributed by atoms with E-state index in [4.69, 9.17) is 0 Å². The highest BCUT2D eigenvalue weighted by atomic mass is 28.3. The van der Waals surface area contributed by atoms with Crippen LogP contribution in [0.3, 0.4) is 0 Å². The highest BCUT2D eigenvalue weighted by Crippen LogP contribution is 2.25. The van der Waals surface area contributed by atoms with E-state index in [9.17, 15) is 9.59 Å². The lowest BCUT2D eigenvalue weighted by Gasteiger charge is -2.27. The van der Waals surface area contributed by atoms with Gasteiger partial charge >= 0.3 is 6.03 Å². The Morgan fingerprint density at radius 2 is 1.68 bits per heavy atom. The van der Waals surface area contributed by atoms with E-state index in [1.54, 1.807) is 4.90 Å². The molecule has 1 aromatic rings. The molecule has 1 aliphatic heterocycles. The van der Waals surface area contributed by atoms with Gasteiger partial charge in [-0.25, -0.2) is 4.79 Å². The van der Waals surface area contributed by atoms with E-state index in [0.717, 1.165) is 5.56 Å². The molecule has 0 spiro atoms. The van der Waals surface area contributed by atoms with Crippen LogP contribution in [0.1, 0.15) is 12.5 Å². The molecule has 2 rings (SSSR count). The van der Waals surface area contributed by atoms with Gasteiger partial charge in [0, 0.05) is 6.54 Å². The van der Waals surface area contributed by atoms with Crippen molar-refractivity contribution in [2.24, 2.45) is 0 Å². The third kappa shape index (κ3) is 2.56. The minimum absolute atomic E-state index is 0.0555. The predicted octanol–water partition coefficient (Wildman–Crippen LogP) is 2.67. The number of carbonyl (C=O) groups excluding carboxylic acids is 2. The average molecular weight is 276 g/mol. The van der Waals surface area contributed by atoms with Crippen molar-refractivity contribution in [1.82, 2.24) is 9.47 Å². The van der Waals surface area contributed by atoms with Gasteiger partial charge in [0.15, 0.2) is 8.24 Å². The number of benzene rings is 1. The van der Waals surface area contributed by atoms with Crippen molar-refractivity contribution in [1.29, 1.82) is 0 Å². The number of nitrogens with zero attached hydrogens (tertiary/aromatic N) is 2. The van der Waals surface area contributed by atoms with Gasteiger partial charge in [0.1, 0.15) is 6.04 Å². The Morgan fingerprint density at radius 1 is 1.11 bits per heavy atom. The van der Waals surface area contributed by atoms with Crippen LogP contribution < -0.4 is 0 Å². The maximum atomic E-state index is 12.4. The summed E-state index contributed by atoms with van der Waals surface area (Å²) in [5.74, 6) is -0.0555. The zero-order chi connectivity index (χ0) is 14.2. The standard InChI is InChI=1S/C14H20N2O2Si/c1-11-13(17)16(19(2,3)4)14(18)15(11)10-12-8-6-5-7-9-12/h5-9,11H,10H2,1-4H3. The molecule has 1 unspecified atom stereocenters. The number of carbonyl (C=O) groups is 2. The molecule has 0 aliphatic carbocycles. The SMILES string of the molecule is CC1C(=O)N([Si](C)(C)C)C(=O)N1Cc1ccccc1. The first-order valence-corrected chi connectivity index (χ1v) is 9.95. The molecular formula is C14H20N2O2Si. The summed E-state index contributed by atoms with van der Waals surface area (Å²) in [6.07, 6.45) is 0. The first kappa shape index (κ1) is 13.8. The number of hydrogen-bond donors (Lipinski definition) is 0. The second kappa shape index (κ2) is 4.81. The van der Waals surface area contributed by atoms with Gasteiger partial charge in [-0.05, 0) is 12.5 Å². The molecule has 1 aromatic carbocycles. The summed E-state index contributed by atoms with van der Waals surface area (Å²) in [6, 6.07) is 9.28. The zero-order valence-corrected chi connectivity index (χ0v) is 12.9. The average Bonchev–Trinajstić information content (AvgIpc) is 2.54. The molecule has 19 heavy (non-hydrogen) atoms. The number of amides is 3. The van der Waals surface area contributed by atoms with Crippen LogP contribution in [0.25, 0.3) is 0 Å². The Hall–Kier alpha value is -1.62. The quantitative estimate of drug-likeness (QED) is 0.629. The van der Waals surface area contributed by atoms with Crippen LogP contribution >= 0.6 is 0 Å². The lowest BCUT2D eigenvalue weighted by Crippen LogP contribution is -2.50. The fourth-order valence-corrected chi connectivity index (χ4v) is 3.86. The highest BCUT2D eigenvalue weighted by Gasteiger charge is 2.47. The molecule has 1 heterocycles. The molecule has 4 nitrogen and oxygen atoms in total. The van der Waals surface area contributed by atoms with Crippen LogP contribution in [0.15, 0.2) is 30.3 Å². The fourth-order valence-electron chi connectivity index (χ4n) is 2.31. The molecule has 0 radical (unpaired) electrons. The first-order valence-electron chi connectivity index (χ1n) is 6.51. The molecule has 0 N–H and O–H groups in total. The molecular weight excluding hydrogens is 256 g/mol. The Morgan fingerprint density at radius 3 is 2.16 bits per heavy atom. The summed E-state index contributed by atoms with van der Waals surface area (Å²) >= 11 is 0. The number of rotatable bonds is 3. The van der Waals surface area contributed by atoms with Gasteiger partial charge in [-0.3, -0.25) is 9.36 Å². The van der Waals surface area contributed by atoms with Crippen molar-refractivity contribution in [2.75, 3.05) is 0 Å². The minimum atomic E-state index is -1.96. The monoisotopic (exact) mass is 276 g/mol. The normalized spacial score (nSPS) is 20.3. The summed E-state index contributed by atoms with van der Waals surface area (Å²) in [6.45, 7) is 8.35. The number of urea groups is 1. The van der Waals surface area contributed by atoms with Crippen LogP contribution in [0.5, 0.6) is 0 Å². The largest absolute Gasteiger partial charge is 0.319 e. The molecule has 5 heteroatoms. The molecule has 0 bridgehead atoms. The molecule has 0 aromatic heterocycles. The van der Waals surface area contributed by atoms with Crippen molar-refractivity contribution in [3.8, 4) is 0 Å². The highest BCUT2D eigenvalue weighted by molar-refractivity contribution is 6.78. The predicted molar refractivity (Wildman–Crippen MR) is 77.0 cm³/mol. The number of hydrogen-bond acceptors (Lipinski definition) is 2. The minimum Gasteiger partial charge on any atom is -0.309 e. The van der Waals surface area contributed by atoms with Crippen LogP contribution in [0.4, 0.5) is 4.79 Å². The molecule has 1 saturated heterocycles. The van der Waals surface area contributed by atoms with E-state index < -0.39 is 8.24 Å². The van der Waals surface area contributed by atoms with E-state index in [0.29, 0.717) is 6.54 Å². The van der Waals surface area contributed by atoms with Crippen molar-refractivity contribution in [2.45, 2.75) is 39.2 Å². The second-order valence-electron chi connectivity index (χ2n) is 5.92. The molecule has 1 atom stereocenters. The van der Waals surface area contributed by atoms with Gasteiger partial charge in [-0.1, -0.05) is 50.0 Å². The molecule has 102 valence electrons. The molecule has 0 saturated carbocycles. The van der Waals surface area contributed by atoms with Crippen LogP contribution in [-0.2, 0) is 11.3 Å². The van der Waals surface area contributed by atoms with Gasteiger partial charge in [0.2, 0.25) is 5.91 Å². The van der Waals surface area contributed by atoms with Crippen molar-refractivity contribution in [3.63, 3.8) is 0 Å². The third-order valence-electron chi connectivity index (χ3n) is 3.35. The van der Waals surface area contributed by atoms with Crippen molar-refractivity contribution in [3.05, 3.63) is 35.9 Å². The third-order valence-corrected chi connectivity index (χ3v) is 5.10. The fraction of sp³-hybridized carbons (Fsp3) is 0.429. The van der Waals surface area contributed by atoms with Crippen LogP contribution in [0, 0.1) is 0 Å². The zero-order valence-electron chi connectivity index (χ0n) is 11.9. The number of imide groups is 1. The van der Waals surface area contributed by atoms with Gasteiger partial charge < -0.3 is 4.90 Å². The Kier molecular flexibility index (Phi) is 3.49. The Labute approximate surface area is 115 Å². The van der Waals surface area contributed by atoms with Crippen molar-refractivity contribution < 1.29 is 9.59 Å². The summed E-state index contributed by atoms with van der Waals surface area (Å²) in [7, 11) is -1.96. The van der Waals surface area contributed by atoms with Crippen LogP contribution in [-0.4, -0.2) is 35.7 Å². The van der Waals surface area contributed by atoms with Gasteiger partial charge in [0.25, 0.3) is 0 Å². The topological polar surface area (TPSA) is 40.6 Å². The molecule has 1 aliphatic rings. The van der Waals surface area contributed by atoms with Crippen LogP contribution in [0.2, 0.25) is 19.6 Å². The van der Waals surface area contributed by atoms with E-state index in [1.165, 1.54) is 4.57 Å². The van der Waals surface area contributed by atoms with Gasteiger partial charge in [-0.2, -0.15) is 0 Å². The summed E-state index contributed by atoms with van der Waals surface area (Å²) in [5.41, 5.74) is 1.05. The second-order valence-corrected chi connectivity index (χ2v) is 10.7. The molecule has 3 amide bonds. The lowest BCUT2D eigenvalue weighted by atomic mass is 10.2. The summed E-state index contributed by atoms with van der Waals surface area (Å²) in [5, 5.41) is 0. The van der Waals surface area contributed by atoms with E-state index in [2.05, 4.69) is 0 Å². The van der Waals surface area contributed by atoms with Gasteiger partial charge in [-0.15, -0.1) is 0 Å². The molecule has 1 fully saturated rings. The summed E-state index contributed by atoms with van der Waals surface area (Å²) in [4.78, 5) is 26.4. The maximum Gasteiger partial charge on any atom is 0.319 e. The van der Waals surface area contributed by atoms with Gasteiger partial charge in [0.05, 0.1) is 0 Å². The lowest BCUT2D eigenvalue weighted by molar-refractivity contribution is -0.125. The van der Waals surface area contributed by atoms with E-state index in [-0.39, 0.29) is 18.0 Å². The Balaban J connectivity index is 2.24. The summed E-state index contributed by atoms with van der Waals surface area (Å²) < 4.78 is 1.50. The van der Waals surface area contributed by atoms with E-state index in [1.807, 2.05) is 56.9 Å². The first-order chi connectivity index (χ1) is 8.82. The maximum absolute atomic E-state index is 12.4. The Bertz CT molecular complexity index is 496. The van der Waals surface area contributed by atoms with E-state index >= 15 is 0 Å². The smallest absolute Gasteiger partial charge is 0.309 e.